The van der Waals surface area contributed by atoms with Crippen molar-refractivity contribution in [2.75, 3.05) is 6.54 Å². The van der Waals surface area contributed by atoms with E-state index in [-0.39, 0.29) is 48.4 Å². The lowest BCUT2D eigenvalue weighted by molar-refractivity contribution is -0.142. The number of amides is 3. The predicted octanol–water partition coefficient (Wildman–Crippen LogP) is 0.0754. The van der Waals surface area contributed by atoms with Gasteiger partial charge in [0.2, 0.25) is 21.8 Å². The number of nitrogens with one attached hydrogen (secondary N) is 1. The molecule has 0 spiro atoms. The molecule has 2 fully saturated rings. The molecule has 0 radical (unpaired) electrons. The summed E-state index contributed by atoms with van der Waals surface area (Å²) in [6, 6.07) is 2.29. The number of carbonyl (C=O) groups is 4. The van der Waals surface area contributed by atoms with Crippen molar-refractivity contribution in [1.82, 2.24) is 14.5 Å². The second kappa shape index (κ2) is 7.47. The van der Waals surface area contributed by atoms with Crippen LogP contribution in [0.5, 0.6) is 0 Å². The van der Waals surface area contributed by atoms with E-state index >= 15 is 0 Å². The summed E-state index contributed by atoms with van der Waals surface area (Å²) in [5, 5.41) is 11.7. The molecule has 0 saturated carbocycles. The van der Waals surface area contributed by atoms with Crippen LogP contribution in [0.1, 0.15) is 48.0 Å². The molecule has 30 heavy (non-hydrogen) atoms. The van der Waals surface area contributed by atoms with E-state index in [0.717, 1.165) is 4.31 Å². The number of hydrogen-bond donors (Lipinski definition) is 2. The molecule has 11 heteroatoms. The Bertz CT molecular complexity index is 1050. The van der Waals surface area contributed by atoms with Crippen LogP contribution in [0.3, 0.4) is 0 Å². The number of piperidine rings is 2. The Labute approximate surface area is 172 Å². The number of hydrogen-bond acceptors (Lipinski definition) is 6. The summed E-state index contributed by atoms with van der Waals surface area (Å²) in [7, 11) is -4.16. The summed E-state index contributed by atoms with van der Waals surface area (Å²) in [6.07, 6.45) is 1.66. The molecule has 3 aliphatic rings. The minimum Gasteiger partial charge on any atom is -0.480 e. The van der Waals surface area contributed by atoms with Gasteiger partial charge < -0.3 is 10.0 Å². The molecular formula is C19H21N3O7S. The lowest BCUT2D eigenvalue weighted by Crippen LogP contribution is -2.52. The first kappa shape index (κ1) is 20.5. The highest BCUT2D eigenvalue weighted by Gasteiger charge is 2.44. The summed E-state index contributed by atoms with van der Waals surface area (Å²) in [5.41, 5.74) is 0.423. The molecule has 1 aromatic rings. The molecule has 3 aliphatic heterocycles. The van der Waals surface area contributed by atoms with Crippen LogP contribution >= 0.6 is 0 Å². The van der Waals surface area contributed by atoms with Gasteiger partial charge in [-0.3, -0.25) is 24.5 Å². The molecule has 0 bridgehead atoms. The highest BCUT2D eigenvalue weighted by atomic mass is 32.2. The molecular weight excluding hydrogens is 414 g/mol. The van der Waals surface area contributed by atoms with Gasteiger partial charge in [0, 0.05) is 30.6 Å². The van der Waals surface area contributed by atoms with Crippen LogP contribution in [0.15, 0.2) is 23.1 Å². The fourth-order valence-corrected chi connectivity index (χ4v) is 6.25. The fourth-order valence-electron chi connectivity index (χ4n) is 4.36. The summed E-state index contributed by atoms with van der Waals surface area (Å²) < 4.78 is 27.7. The number of nitrogens with zero attached hydrogens (tertiary/aromatic N) is 2. The largest absolute Gasteiger partial charge is 0.480 e. The Morgan fingerprint density at radius 2 is 1.90 bits per heavy atom. The SMILES string of the molecule is O=C1CCC(N2Cc3c(cccc3S(=O)(=O)N3CCCCC3C(=O)O)C2=O)C(=O)N1. The number of sulfonamides is 1. The van der Waals surface area contributed by atoms with Crippen molar-refractivity contribution in [3.8, 4) is 0 Å². The maximum absolute atomic E-state index is 13.4. The molecule has 0 aromatic heterocycles. The van der Waals surface area contributed by atoms with Crippen LogP contribution in [0.25, 0.3) is 0 Å². The molecule has 2 unspecified atom stereocenters. The molecule has 160 valence electrons. The van der Waals surface area contributed by atoms with Gasteiger partial charge in [-0.25, -0.2) is 8.42 Å². The van der Waals surface area contributed by atoms with E-state index in [1.54, 1.807) is 0 Å². The predicted molar refractivity (Wildman–Crippen MR) is 102 cm³/mol. The number of carboxylic acid groups (broad SMARTS) is 1. The van der Waals surface area contributed by atoms with Gasteiger partial charge in [-0.1, -0.05) is 6.07 Å². The standard InChI is InChI=1S/C19H21N3O7S/c23-16-8-7-13(17(24)20-16)21-10-12-11(18(21)25)4-3-6-15(12)30(28,29)22-9-2-1-5-14(22)19(26)27/h3-4,6,13-14H,1-2,5,7-10H2,(H,26,27)(H,20,23,24). The third kappa shape index (κ3) is 3.27. The van der Waals surface area contributed by atoms with Crippen molar-refractivity contribution >= 4 is 33.7 Å². The molecule has 0 aliphatic carbocycles. The molecule has 3 amide bonds. The third-order valence-corrected chi connectivity index (χ3v) is 7.86. The van der Waals surface area contributed by atoms with Crippen molar-refractivity contribution < 1.29 is 32.7 Å². The summed E-state index contributed by atoms with van der Waals surface area (Å²) in [5.74, 6) is -2.68. The number of aliphatic carboxylic acids is 1. The quantitative estimate of drug-likeness (QED) is 0.638. The number of carboxylic acids is 1. The maximum atomic E-state index is 13.4. The topological polar surface area (TPSA) is 141 Å². The average Bonchev–Trinajstić information content (AvgIpc) is 3.04. The summed E-state index contributed by atoms with van der Waals surface area (Å²) in [4.78, 5) is 49.3. The molecule has 2 N–H and O–H groups in total. The Balaban J connectivity index is 1.70. The second-order valence-electron chi connectivity index (χ2n) is 7.65. The van der Waals surface area contributed by atoms with E-state index in [4.69, 9.17) is 0 Å². The third-order valence-electron chi connectivity index (χ3n) is 5.86. The van der Waals surface area contributed by atoms with Gasteiger partial charge in [0.05, 0.1) is 4.90 Å². The maximum Gasteiger partial charge on any atom is 0.322 e. The Morgan fingerprint density at radius 3 is 2.60 bits per heavy atom. The lowest BCUT2D eigenvalue weighted by atomic mass is 10.0. The molecule has 2 saturated heterocycles. The second-order valence-corrected chi connectivity index (χ2v) is 9.51. The van der Waals surface area contributed by atoms with Crippen LogP contribution in [0.4, 0.5) is 0 Å². The zero-order chi connectivity index (χ0) is 21.6. The monoisotopic (exact) mass is 435 g/mol. The highest BCUT2D eigenvalue weighted by Crippen LogP contribution is 2.34. The highest BCUT2D eigenvalue weighted by molar-refractivity contribution is 7.89. The van der Waals surface area contributed by atoms with Crippen LogP contribution in [-0.2, 0) is 31.0 Å². The zero-order valence-corrected chi connectivity index (χ0v) is 16.9. The minimum atomic E-state index is -4.16. The van der Waals surface area contributed by atoms with Crippen LogP contribution in [0.2, 0.25) is 0 Å². The van der Waals surface area contributed by atoms with E-state index in [1.807, 2.05) is 0 Å². The first-order chi connectivity index (χ1) is 14.2. The van der Waals surface area contributed by atoms with E-state index in [2.05, 4.69) is 5.32 Å². The van der Waals surface area contributed by atoms with Crippen LogP contribution in [0, 0.1) is 0 Å². The zero-order valence-electron chi connectivity index (χ0n) is 16.0. The molecule has 10 nitrogen and oxygen atoms in total. The first-order valence-corrected chi connectivity index (χ1v) is 11.2. The van der Waals surface area contributed by atoms with Crippen molar-refractivity contribution in [2.24, 2.45) is 0 Å². The number of carbonyl (C=O) groups excluding carboxylic acids is 3. The van der Waals surface area contributed by atoms with Crippen LogP contribution < -0.4 is 5.32 Å². The Morgan fingerprint density at radius 1 is 1.13 bits per heavy atom. The number of rotatable bonds is 4. The minimum absolute atomic E-state index is 0.0910. The number of fused-ring (bicyclic) bond motifs is 1. The lowest BCUT2D eigenvalue weighted by Gasteiger charge is -2.32. The smallest absolute Gasteiger partial charge is 0.322 e. The number of benzene rings is 1. The van der Waals surface area contributed by atoms with E-state index in [9.17, 15) is 32.7 Å². The number of imide groups is 1. The average molecular weight is 435 g/mol. The summed E-state index contributed by atoms with van der Waals surface area (Å²) in [6.45, 7) is -0.00477. The molecule has 1 aromatic carbocycles. The van der Waals surface area contributed by atoms with Crippen molar-refractivity contribution in [3.63, 3.8) is 0 Å². The van der Waals surface area contributed by atoms with E-state index < -0.39 is 45.8 Å². The summed E-state index contributed by atoms with van der Waals surface area (Å²) >= 11 is 0. The molecule has 4 rings (SSSR count). The Hall–Kier alpha value is -2.79. The van der Waals surface area contributed by atoms with Gasteiger partial charge in [-0.2, -0.15) is 4.31 Å². The van der Waals surface area contributed by atoms with Crippen molar-refractivity contribution in [3.05, 3.63) is 29.3 Å². The molecule has 2 atom stereocenters. The normalized spacial score (nSPS) is 25.2. The van der Waals surface area contributed by atoms with Gasteiger partial charge in [0.1, 0.15) is 12.1 Å². The van der Waals surface area contributed by atoms with Gasteiger partial charge >= 0.3 is 5.97 Å². The van der Waals surface area contributed by atoms with Crippen LogP contribution in [-0.4, -0.2) is 65.0 Å². The van der Waals surface area contributed by atoms with Gasteiger partial charge in [0.15, 0.2) is 0 Å². The Kier molecular flexibility index (Phi) is 5.10. The van der Waals surface area contributed by atoms with Gasteiger partial charge in [0.25, 0.3) is 5.91 Å². The van der Waals surface area contributed by atoms with E-state index in [0.29, 0.717) is 12.8 Å². The van der Waals surface area contributed by atoms with Gasteiger partial charge in [-0.05, 0) is 37.8 Å². The van der Waals surface area contributed by atoms with E-state index in [1.165, 1.54) is 23.1 Å². The molecule has 3 heterocycles. The van der Waals surface area contributed by atoms with Gasteiger partial charge in [-0.15, -0.1) is 0 Å². The first-order valence-electron chi connectivity index (χ1n) is 9.73. The van der Waals surface area contributed by atoms with Crippen molar-refractivity contribution in [1.29, 1.82) is 0 Å². The fraction of sp³-hybridized carbons (Fsp3) is 0.474. The van der Waals surface area contributed by atoms with Crippen molar-refractivity contribution in [2.45, 2.75) is 55.6 Å².